The van der Waals surface area contributed by atoms with E-state index in [0.717, 1.165) is 38.5 Å². The first kappa shape index (κ1) is 28.9. The predicted molar refractivity (Wildman–Crippen MR) is 118 cm³/mol. The molecule has 0 aliphatic rings. The Labute approximate surface area is 184 Å². The highest BCUT2D eigenvalue weighted by Gasteiger charge is 2.33. The smallest absolute Gasteiger partial charge is 0.266 e. The number of hydrogen-bond donors (Lipinski definition) is 0. The third kappa shape index (κ3) is 16.6. The van der Waals surface area contributed by atoms with Crippen LogP contribution in [-0.2, 0) is 29.4 Å². The van der Waals surface area contributed by atoms with Gasteiger partial charge in [0.2, 0.25) is 0 Å². The van der Waals surface area contributed by atoms with Gasteiger partial charge < -0.3 is 0 Å². The van der Waals surface area contributed by atoms with Crippen molar-refractivity contribution in [1.82, 2.24) is 0 Å². The lowest BCUT2D eigenvalue weighted by molar-refractivity contribution is -0.601. The van der Waals surface area contributed by atoms with Gasteiger partial charge in [-0.3, -0.25) is 9.78 Å². The second-order valence-electron chi connectivity index (χ2n) is 9.34. The van der Waals surface area contributed by atoms with Crippen molar-refractivity contribution in [3.8, 4) is 0 Å². The summed E-state index contributed by atoms with van der Waals surface area (Å²) in [5, 5.41) is 8.70. The molecule has 0 rings (SSSR count). The number of carbonyl (C=O) groups is 2. The molecule has 0 aromatic carbocycles. The Hall–Kier alpha value is -1.14. The third-order valence-corrected chi connectivity index (χ3v) is 5.43. The van der Waals surface area contributed by atoms with E-state index in [1.807, 2.05) is 20.8 Å². The van der Waals surface area contributed by atoms with E-state index in [1.54, 1.807) is 0 Å². The van der Waals surface area contributed by atoms with Gasteiger partial charge in [0.1, 0.15) is 0 Å². The largest absolute Gasteiger partial charge is 0.349 e. The fourth-order valence-corrected chi connectivity index (χ4v) is 3.46. The summed E-state index contributed by atoms with van der Waals surface area (Å²) in [7, 11) is 0. The van der Waals surface area contributed by atoms with Crippen LogP contribution in [0, 0.1) is 11.3 Å². The molecule has 0 N–H and O–H groups in total. The van der Waals surface area contributed by atoms with Gasteiger partial charge in [0.15, 0.2) is 0 Å². The first-order valence-electron chi connectivity index (χ1n) is 12.1. The zero-order chi connectivity index (χ0) is 22.7. The Bertz CT molecular complexity index is 430. The van der Waals surface area contributed by atoms with E-state index in [-0.39, 0.29) is 17.8 Å². The Kier molecular flexibility index (Phi) is 17.9. The minimum atomic E-state index is -0.529. The maximum absolute atomic E-state index is 12.4. The lowest BCUT2D eigenvalue weighted by atomic mass is 9.78. The van der Waals surface area contributed by atoms with Gasteiger partial charge in [0, 0.05) is 16.5 Å². The van der Waals surface area contributed by atoms with Gasteiger partial charge in [0.05, 0.1) is 5.92 Å². The molecule has 1 atom stereocenters. The van der Waals surface area contributed by atoms with Gasteiger partial charge >= 0.3 is 11.9 Å². The van der Waals surface area contributed by atoms with Crippen molar-refractivity contribution >= 4 is 11.9 Å². The van der Waals surface area contributed by atoms with Crippen LogP contribution in [0.3, 0.4) is 0 Å². The summed E-state index contributed by atoms with van der Waals surface area (Å²) in [6.45, 7) is 10.4. The van der Waals surface area contributed by atoms with Crippen LogP contribution in [0.4, 0.5) is 0 Å². The summed E-state index contributed by atoms with van der Waals surface area (Å²) >= 11 is 0. The average Bonchev–Trinajstić information content (AvgIpc) is 2.68. The maximum Gasteiger partial charge on any atom is 0.349 e. The van der Waals surface area contributed by atoms with E-state index in [2.05, 4.69) is 28.8 Å². The molecule has 0 aromatic rings. The monoisotopic (exact) mass is 430 g/mol. The molecule has 0 radical (unpaired) electrons. The van der Waals surface area contributed by atoms with Crippen molar-refractivity contribution in [1.29, 1.82) is 0 Å². The minimum absolute atomic E-state index is 0.252. The fourth-order valence-electron chi connectivity index (χ4n) is 3.46. The molecule has 6 nitrogen and oxygen atoms in total. The molecule has 0 amide bonds. The molecule has 0 aliphatic carbocycles. The van der Waals surface area contributed by atoms with Crippen molar-refractivity contribution < 1.29 is 29.4 Å². The first-order chi connectivity index (χ1) is 14.3. The summed E-state index contributed by atoms with van der Waals surface area (Å²) in [5.41, 5.74) is -0.252. The van der Waals surface area contributed by atoms with Crippen molar-refractivity contribution in [2.24, 2.45) is 11.3 Å². The summed E-state index contributed by atoms with van der Waals surface area (Å²) in [6, 6.07) is 0. The molecular formula is C24H46O6. The molecule has 6 heteroatoms. The third-order valence-electron chi connectivity index (χ3n) is 5.43. The van der Waals surface area contributed by atoms with Crippen LogP contribution < -0.4 is 0 Å². The van der Waals surface area contributed by atoms with E-state index in [4.69, 9.17) is 4.89 Å². The molecule has 0 fully saturated rings. The molecular weight excluding hydrogens is 384 g/mol. The second-order valence-corrected chi connectivity index (χ2v) is 9.34. The Morgan fingerprint density at radius 3 is 1.67 bits per heavy atom. The summed E-state index contributed by atoms with van der Waals surface area (Å²) in [6.07, 6.45) is 15.8. The highest BCUT2D eigenvalue weighted by atomic mass is 17.7. The summed E-state index contributed by atoms with van der Waals surface area (Å²) < 4.78 is 0. The Morgan fingerprint density at radius 2 is 1.13 bits per heavy atom. The van der Waals surface area contributed by atoms with Crippen LogP contribution in [0.25, 0.3) is 0 Å². The van der Waals surface area contributed by atoms with Crippen molar-refractivity contribution in [2.75, 3.05) is 0 Å². The normalized spacial score (nSPS) is 12.6. The van der Waals surface area contributed by atoms with Crippen LogP contribution in [-0.4, -0.2) is 11.9 Å². The van der Waals surface area contributed by atoms with Crippen LogP contribution in [0.15, 0.2) is 0 Å². The van der Waals surface area contributed by atoms with E-state index in [9.17, 15) is 9.59 Å². The molecule has 178 valence electrons. The quantitative estimate of drug-likeness (QED) is 0.121. The zero-order valence-electron chi connectivity index (χ0n) is 20.1. The molecule has 0 aromatic heterocycles. The van der Waals surface area contributed by atoms with Crippen LogP contribution >= 0.6 is 0 Å². The molecule has 0 spiro atoms. The standard InChI is InChI=1S/C24H46O6/c1-6-8-10-12-14-16-18-20-22(25)27-29-30-28-23(26)21(24(3,4)5)19-17-15-13-11-9-7-2/h21H,6-20H2,1-5H3. The van der Waals surface area contributed by atoms with Gasteiger partial charge in [0.25, 0.3) is 0 Å². The maximum atomic E-state index is 12.4. The van der Waals surface area contributed by atoms with Crippen molar-refractivity contribution in [3.63, 3.8) is 0 Å². The minimum Gasteiger partial charge on any atom is -0.266 e. The molecule has 0 saturated carbocycles. The summed E-state index contributed by atoms with van der Waals surface area (Å²) in [4.78, 5) is 33.2. The second kappa shape index (κ2) is 18.6. The number of hydrogen-bond acceptors (Lipinski definition) is 6. The highest BCUT2D eigenvalue weighted by molar-refractivity contribution is 5.72. The fraction of sp³-hybridized carbons (Fsp3) is 0.917. The lowest BCUT2D eigenvalue weighted by Gasteiger charge is -2.27. The molecule has 0 saturated heterocycles. The van der Waals surface area contributed by atoms with Crippen LogP contribution in [0.2, 0.25) is 0 Å². The number of unbranched alkanes of at least 4 members (excludes halogenated alkanes) is 11. The molecule has 1 unspecified atom stereocenters. The molecule has 0 aliphatic heterocycles. The SMILES string of the molecule is CCCCCCCCCC(=O)OOOOC(=O)C(CCCCCCCC)C(C)(C)C. The topological polar surface area (TPSA) is 71.1 Å². The van der Waals surface area contributed by atoms with Crippen molar-refractivity contribution in [2.45, 2.75) is 131 Å². The highest BCUT2D eigenvalue weighted by Crippen LogP contribution is 2.31. The first-order valence-corrected chi connectivity index (χ1v) is 12.1. The molecule has 30 heavy (non-hydrogen) atoms. The van der Waals surface area contributed by atoms with Gasteiger partial charge in [-0.15, -0.1) is 0 Å². The van der Waals surface area contributed by atoms with Crippen molar-refractivity contribution in [3.05, 3.63) is 0 Å². The Morgan fingerprint density at radius 1 is 0.667 bits per heavy atom. The zero-order valence-corrected chi connectivity index (χ0v) is 20.1. The summed E-state index contributed by atoms with van der Waals surface area (Å²) in [5.74, 6) is -1.34. The molecule has 0 bridgehead atoms. The molecule has 0 heterocycles. The predicted octanol–water partition coefficient (Wildman–Crippen LogP) is 7.40. The van der Waals surface area contributed by atoms with E-state index < -0.39 is 11.9 Å². The van der Waals surface area contributed by atoms with Crippen LogP contribution in [0.5, 0.6) is 0 Å². The number of rotatable bonds is 19. The van der Waals surface area contributed by atoms with E-state index >= 15 is 0 Å². The Balaban J connectivity index is 3.93. The number of carbonyl (C=O) groups excluding carboxylic acids is 2. The van der Waals surface area contributed by atoms with Gasteiger partial charge in [-0.05, 0) is 18.3 Å². The van der Waals surface area contributed by atoms with Gasteiger partial charge in [-0.1, -0.05) is 112 Å². The van der Waals surface area contributed by atoms with E-state index in [0.29, 0.717) is 0 Å². The van der Waals surface area contributed by atoms with Crippen LogP contribution in [0.1, 0.15) is 131 Å². The van der Waals surface area contributed by atoms with Gasteiger partial charge in [-0.25, -0.2) is 9.59 Å². The van der Waals surface area contributed by atoms with Gasteiger partial charge in [-0.2, -0.15) is 0 Å². The lowest BCUT2D eigenvalue weighted by Crippen LogP contribution is -2.30. The van der Waals surface area contributed by atoms with E-state index in [1.165, 1.54) is 51.4 Å². The average molecular weight is 431 g/mol.